The molecule has 0 saturated heterocycles. The monoisotopic (exact) mass is 214 g/mol. The van der Waals surface area contributed by atoms with Gasteiger partial charge in [0.2, 0.25) is 0 Å². The molecule has 0 unspecified atom stereocenters. The smallest absolute Gasteiger partial charge is 0.118 e. The van der Waals surface area contributed by atoms with E-state index in [9.17, 15) is 0 Å². The molecule has 2 aromatic carbocycles. The Morgan fingerprint density at radius 2 is 1.12 bits per heavy atom. The third-order valence-corrected chi connectivity index (χ3v) is 3.39. The third kappa shape index (κ3) is 1.05. The summed E-state index contributed by atoms with van der Waals surface area (Å²) in [5, 5.41) is 0. The highest BCUT2D eigenvalue weighted by atomic mass is 14.4. The number of rotatable bonds is 0. The van der Waals surface area contributed by atoms with E-state index in [1.54, 1.807) is 0 Å². The quantitative estimate of drug-likeness (QED) is 0.591. The zero-order chi connectivity index (χ0) is 11.9. The van der Waals surface area contributed by atoms with Gasteiger partial charge >= 0.3 is 0 Å². The van der Waals surface area contributed by atoms with Crippen LogP contribution in [0.15, 0.2) is 48.5 Å². The first kappa shape index (κ1) is 9.76. The van der Waals surface area contributed by atoms with Crippen molar-refractivity contribution >= 4 is 0 Å². The first-order chi connectivity index (χ1) is 8.33. The SMILES string of the molecule is C#CC1(C#C)c2ccccc2-c2ccccc21. The minimum Gasteiger partial charge on any atom is -0.118 e. The molecule has 0 heterocycles. The van der Waals surface area contributed by atoms with Gasteiger partial charge in [0.1, 0.15) is 5.41 Å². The second-order valence-corrected chi connectivity index (χ2v) is 4.13. The molecule has 78 valence electrons. The van der Waals surface area contributed by atoms with E-state index in [0.717, 1.165) is 22.3 Å². The topological polar surface area (TPSA) is 0 Å². The van der Waals surface area contributed by atoms with Gasteiger partial charge < -0.3 is 0 Å². The lowest BCUT2D eigenvalue weighted by molar-refractivity contribution is 0.919. The highest BCUT2D eigenvalue weighted by molar-refractivity contribution is 5.85. The van der Waals surface area contributed by atoms with Crippen molar-refractivity contribution in [2.24, 2.45) is 0 Å². The minimum atomic E-state index is -0.701. The van der Waals surface area contributed by atoms with E-state index in [1.807, 2.05) is 36.4 Å². The molecule has 17 heavy (non-hydrogen) atoms. The minimum absolute atomic E-state index is 0.701. The van der Waals surface area contributed by atoms with Crippen LogP contribution in [0.5, 0.6) is 0 Å². The van der Waals surface area contributed by atoms with E-state index in [1.165, 1.54) is 0 Å². The fourth-order valence-electron chi connectivity index (χ4n) is 2.59. The summed E-state index contributed by atoms with van der Waals surface area (Å²) < 4.78 is 0. The fraction of sp³-hybridized carbons (Fsp3) is 0.0588. The van der Waals surface area contributed by atoms with Crippen molar-refractivity contribution in [3.63, 3.8) is 0 Å². The molecule has 0 nitrogen and oxygen atoms in total. The van der Waals surface area contributed by atoms with Crippen molar-refractivity contribution in [3.05, 3.63) is 59.7 Å². The summed E-state index contributed by atoms with van der Waals surface area (Å²) in [4.78, 5) is 0. The Balaban J connectivity index is 2.49. The van der Waals surface area contributed by atoms with E-state index < -0.39 is 5.41 Å². The Morgan fingerprint density at radius 1 is 0.706 bits per heavy atom. The molecule has 0 spiro atoms. The summed E-state index contributed by atoms with van der Waals surface area (Å²) in [5.74, 6) is 5.61. The van der Waals surface area contributed by atoms with Crippen LogP contribution in [0.25, 0.3) is 11.1 Å². The summed E-state index contributed by atoms with van der Waals surface area (Å²) in [6.07, 6.45) is 11.4. The second-order valence-electron chi connectivity index (χ2n) is 4.13. The van der Waals surface area contributed by atoms with Gasteiger partial charge in [-0.25, -0.2) is 0 Å². The molecule has 0 atom stereocenters. The maximum atomic E-state index is 5.72. The first-order valence-corrected chi connectivity index (χ1v) is 5.48. The molecule has 0 radical (unpaired) electrons. The van der Waals surface area contributed by atoms with E-state index in [2.05, 4.69) is 24.0 Å². The predicted octanol–water partition coefficient (Wildman–Crippen LogP) is 3.22. The molecule has 1 aliphatic rings. The summed E-state index contributed by atoms with van der Waals surface area (Å²) in [5.41, 5.74) is 3.70. The molecule has 0 heteroatoms. The highest BCUT2D eigenvalue weighted by Gasteiger charge is 2.39. The standard InChI is InChI=1S/C17H10/c1-3-17(4-2)15-11-7-5-9-13(15)14-10-6-8-12-16(14)17/h1-2,5-12H. The first-order valence-electron chi connectivity index (χ1n) is 5.48. The van der Waals surface area contributed by atoms with Crippen LogP contribution in [0.1, 0.15) is 11.1 Å². The zero-order valence-electron chi connectivity index (χ0n) is 9.27. The Bertz CT molecular complexity index is 616. The molecule has 0 N–H and O–H groups in total. The number of benzene rings is 2. The van der Waals surface area contributed by atoms with E-state index in [0.29, 0.717) is 0 Å². The predicted molar refractivity (Wildman–Crippen MR) is 70.3 cm³/mol. The molecule has 0 aliphatic heterocycles. The largest absolute Gasteiger partial charge is 0.142 e. The van der Waals surface area contributed by atoms with Crippen molar-refractivity contribution in [2.75, 3.05) is 0 Å². The average molecular weight is 214 g/mol. The van der Waals surface area contributed by atoms with Gasteiger partial charge in [0.25, 0.3) is 0 Å². The van der Waals surface area contributed by atoms with Gasteiger partial charge in [0, 0.05) is 0 Å². The Morgan fingerprint density at radius 3 is 1.53 bits per heavy atom. The van der Waals surface area contributed by atoms with Crippen molar-refractivity contribution < 1.29 is 0 Å². The lowest BCUT2D eigenvalue weighted by Gasteiger charge is -2.18. The molecule has 0 fully saturated rings. The number of terminal acetylenes is 2. The van der Waals surface area contributed by atoms with Crippen LogP contribution in [-0.4, -0.2) is 0 Å². The Labute approximate surface area is 101 Å². The van der Waals surface area contributed by atoms with Gasteiger partial charge in [-0.05, 0) is 22.3 Å². The zero-order valence-corrected chi connectivity index (χ0v) is 9.27. The molecule has 3 rings (SSSR count). The Hall–Kier alpha value is -2.44. The van der Waals surface area contributed by atoms with Crippen LogP contribution in [-0.2, 0) is 5.41 Å². The molecular weight excluding hydrogens is 204 g/mol. The van der Waals surface area contributed by atoms with Crippen LogP contribution >= 0.6 is 0 Å². The second kappa shape index (κ2) is 3.27. The lowest BCUT2D eigenvalue weighted by atomic mass is 9.80. The summed E-state index contributed by atoms with van der Waals surface area (Å²) >= 11 is 0. The normalized spacial score (nSPS) is 14.2. The number of hydrogen-bond acceptors (Lipinski definition) is 0. The van der Waals surface area contributed by atoms with Gasteiger partial charge in [0.15, 0.2) is 0 Å². The van der Waals surface area contributed by atoms with Gasteiger partial charge in [0.05, 0.1) is 0 Å². The molecule has 2 aromatic rings. The van der Waals surface area contributed by atoms with Crippen LogP contribution in [0.3, 0.4) is 0 Å². The van der Waals surface area contributed by atoms with Crippen molar-refractivity contribution in [3.8, 4) is 35.8 Å². The lowest BCUT2D eigenvalue weighted by Crippen LogP contribution is -2.20. The molecular formula is C17H10. The fourth-order valence-corrected chi connectivity index (χ4v) is 2.59. The molecule has 0 amide bonds. The van der Waals surface area contributed by atoms with Gasteiger partial charge in [-0.3, -0.25) is 0 Å². The van der Waals surface area contributed by atoms with Crippen LogP contribution in [0.2, 0.25) is 0 Å². The number of fused-ring (bicyclic) bond motifs is 3. The van der Waals surface area contributed by atoms with E-state index in [-0.39, 0.29) is 0 Å². The average Bonchev–Trinajstić information content (AvgIpc) is 2.70. The summed E-state index contributed by atoms with van der Waals surface area (Å²) in [6, 6.07) is 16.2. The van der Waals surface area contributed by atoms with Crippen molar-refractivity contribution in [1.82, 2.24) is 0 Å². The number of hydrogen-bond donors (Lipinski definition) is 0. The van der Waals surface area contributed by atoms with E-state index in [4.69, 9.17) is 12.8 Å². The van der Waals surface area contributed by atoms with Gasteiger partial charge in [-0.2, -0.15) is 0 Å². The maximum absolute atomic E-state index is 5.72. The third-order valence-electron chi connectivity index (χ3n) is 3.39. The molecule has 1 aliphatic carbocycles. The van der Waals surface area contributed by atoms with E-state index >= 15 is 0 Å². The van der Waals surface area contributed by atoms with Gasteiger partial charge in [-0.1, -0.05) is 60.4 Å². The molecule has 0 saturated carbocycles. The maximum Gasteiger partial charge on any atom is 0.142 e. The highest BCUT2D eigenvalue weighted by Crippen LogP contribution is 2.47. The Kier molecular flexibility index (Phi) is 1.88. The van der Waals surface area contributed by atoms with Crippen molar-refractivity contribution in [2.45, 2.75) is 5.41 Å². The van der Waals surface area contributed by atoms with Crippen LogP contribution < -0.4 is 0 Å². The van der Waals surface area contributed by atoms with Crippen molar-refractivity contribution in [1.29, 1.82) is 0 Å². The molecule has 0 aromatic heterocycles. The van der Waals surface area contributed by atoms with Crippen LogP contribution in [0, 0.1) is 24.7 Å². The van der Waals surface area contributed by atoms with Gasteiger partial charge in [-0.15, -0.1) is 12.8 Å². The molecule has 0 bridgehead atoms. The summed E-state index contributed by atoms with van der Waals surface area (Å²) in [6.45, 7) is 0. The van der Waals surface area contributed by atoms with Crippen LogP contribution in [0.4, 0.5) is 0 Å². The summed E-state index contributed by atoms with van der Waals surface area (Å²) in [7, 11) is 0.